The van der Waals surface area contributed by atoms with Gasteiger partial charge in [0.1, 0.15) is 5.75 Å². The Kier molecular flexibility index (Phi) is 4.98. The van der Waals surface area contributed by atoms with Gasteiger partial charge in [0.25, 0.3) is 5.91 Å². The molecule has 21 heavy (non-hydrogen) atoms. The highest BCUT2D eigenvalue weighted by Gasteiger charge is 2.02. The van der Waals surface area contributed by atoms with Crippen LogP contribution in [0.5, 0.6) is 5.75 Å². The number of amides is 1. The van der Waals surface area contributed by atoms with E-state index >= 15 is 0 Å². The van der Waals surface area contributed by atoms with E-state index < -0.39 is 0 Å². The highest BCUT2D eigenvalue weighted by Crippen LogP contribution is 2.18. The minimum Gasteiger partial charge on any atom is -0.484 e. The quantitative estimate of drug-likeness (QED) is 0.813. The van der Waals surface area contributed by atoms with Gasteiger partial charge in [-0.1, -0.05) is 12.6 Å². The van der Waals surface area contributed by atoms with Crippen LogP contribution in [-0.4, -0.2) is 29.3 Å². The molecule has 0 unspecified atom stereocenters. The van der Waals surface area contributed by atoms with Crippen LogP contribution in [-0.2, 0) is 11.3 Å². The first-order chi connectivity index (χ1) is 10.2. The van der Waals surface area contributed by atoms with Crippen LogP contribution in [0.25, 0.3) is 6.20 Å². The molecule has 2 rings (SSSR count). The van der Waals surface area contributed by atoms with E-state index in [1.165, 1.54) is 0 Å². The standard InChI is InChI=1S/C15H18N4O2/c1-3-19-10-12(9-18-19)8-17-13-5-4-6-14(7-13)21-11-15(20)16-2/h3-7,9-10,17H,1,8,11H2,2H3,(H,16,20). The van der Waals surface area contributed by atoms with Crippen molar-refractivity contribution in [2.24, 2.45) is 0 Å². The number of aromatic nitrogens is 2. The maximum absolute atomic E-state index is 11.1. The van der Waals surface area contributed by atoms with E-state index in [-0.39, 0.29) is 12.5 Å². The molecule has 0 fully saturated rings. The highest BCUT2D eigenvalue weighted by atomic mass is 16.5. The fourth-order valence-corrected chi connectivity index (χ4v) is 1.69. The minimum atomic E-state index is -0.162. The van der Waals surface area contributed by atoms with Crippen molar-refractivity contribution in [3.63, 3.8) is 0 Å². The number of anilines is 1. The molecule has 0 radical (unpaired) electrons. The molecule has 6 heteroatoms. The highest BCUT2D eigenvalue weighted by molar-refractivity contribution is 5.77. The molecule has 1 amide bonds. The van der Waals surface area contributed by atoms with Crippen molar-refractivity contribution in [3.05, 3.63) is 48.8 Å². The zero-order chi connectivity index (χ0) is 15.1. The molecular weight excluding hydrogens is 268 g/mol. The van der Waals surface area contributed by atoms with E-state index in [0.717, 1.165) is 11.3 Å². The molecule has 0 aliphatic carbocycles. The third kappa shape index (κ3) is 4.38. The average Bonchev–Trinajstić information content (AvgIpc) is 2.99. The molecule has 0 atom stereocenters. The second-order valence-electron chi connectivity index (χ2n) is 4.35. The normalized spacial score (nSPS) is 9.95. The lowest BCUT2D eigenvalue weighted by molar-refractivity contribution is -0.122. The smallest absolute Gasteiger partial charge is 0.257 e. The van der Waals surface area contributed by atoms with Crippen molar-refractivity contribution in [2.75, 3.05) is 19.0 Å². The topological polar surface area (TPSA) is 68.2 Å². The molecule has 0 saturated carbocycles. The van der Waals surface area contributed by atoms with E-state index in [9.17, 15) is 4.79 Å². The van der Waals surface area contributed by atoms with Crippen molar-refractivity contribution in [1.29, 1.82) is 0 Å². The van der Waals surface area contributed by atoms with Gasteiger partial charge in [0, 0.05) is 43.3 Å². The molecule has 0 saturated heterocycles. The van der Waals surface area contributed by atoms with Gasteiger partial charge < -0.3 is 15.4 Å². The SMILES string of the molecule is C=Cn1cc(CNc2cccc(OCC(=O)NC)c2)cn1. The fraction of sp³-hybridized carbons (Fsp3) is 0.200. The Morgan fingerprint density at radius 3 is 3.10 bits per heavy atom. The molecule has 6 nitrogen and oxygen atoms in total. The molecule has 1 aromatic heterocycles. The Hall–Kier alpha value is -2.76. The lowest BCUT2D eigenvalue weighted by Gasteiger charge is -2.08. The van der Waals surface area contributed by atoms with Crippen LogP contribution < -0.4 is 15.4 Å². The summed E-state index contributed by atoms with van der Waals surface area (Å²) in [6, 6.07) is 7.46. The van der Waals surface area contributed by atoms with Gasteiger partial charge in [-0.2, -0.15) is 5.10 Å². The number of benzene rings is 1. The van der Waals surface area contributed by atoms with Gasteiger partial charge in [-0.05, 0) is 12.1 Å². The molecule has 0 aliphatic rings. The van der Waals surface area contributed by atoms with Gasteiger partial charge in [0.15, 0.2) is 6.61 Å². The summed E-state index contributed by atoms with van der Waals surface area (Å²) >= 11 is 0. The van der Waals surface area contributed by atoms with Gasteiger partial charge in [0.2, 0.25) is 0 Å². The lowest BCUT2D eigenvalue weighted by Crippen LogP contribution is -2.24. The number of nitrogens with zero attached hydrogens (tertiary/aromatic N) is 2. The van der Waals surface area contributed by atoms with E-state index in [1.807, 2.05) is 30.5 Å². The van der Waals surface area contributed by atoms with Gasteiger partial charge in [-0.25, -0.2) is 4.68 Å². The predicted octanol–water partition coefficient (Wildman–Crippen LogP) is 1.72. The first-order valence-electron chi connectivity index (χ1n) is 6.54. The monoisotopic (exact) mass is 286 g/mol. The minimum absolute atomic E-state index is 0.00601. The van der Waals surface area contributed by atoms with Crippen LogP contribution in [0.15, 0.2) is 43.2 Å². The summed E-state index contributed by atoms with van der Waals surface area (Å²) < 4.78 is 7.04. The Morgan fingerprint density at radius 1 is 1.52 bits per heavy atom. The predicted molar refractivity (Wildman–Crippen MR) is 81.9 cm³/mol. The van der Waals surface area contributed by atoms with Crippen molar-refractivity contribution < 1.29 is 9.53 Å². The summed E-state index contributed by atoms with van der Waals surface area (Å²) in [5, 5.41) is 9.89. The van der Waals surface area contributed by atoms with E-state index in [4.69, 9.17) is 4.74 Å². The summed E-state index contributed by atoms with van der Waals surface area (Å²) in [5.41, 5.74) is 1.96. The largest absolute Gasteiger partial charge is 0.484 e. The van der Waals surface area contributed by atoms with Crippen molar-refractivity contribution >= 4 is 17.8 Å². The number of nitrogens with one attached hydrogen (secondary N) is 2. The average molecular weight is 286 g/mol. The number of hydrogen-bond acceptors (Lipinski definition) is 4. The lowest BCUT2D eigenvalue weighted by atomic mass is 10.3. The van der Waals surface area contributed by atoms with E-state index in [0.29, 0.717) is 12.3 Å². The second kappa shape index (κ2) is 7.14. The Balaban J connectivity index is 1.91. The number of carbonyl (C=O) groups excluding carboxylic acids is 1. The number of hydrogen-bond donors (Lipinski definition) is 2. The molecule has 1 heterocycles. The second-order valence-corrected chi connectivity index (χ2v) is 4.35. The third-order valence-corrected chi connectivity index (χ3v) is 2.82. The van der Waals surface area contributed by atoms with Crippen LogP contribution in [0.3, 0.4) is 0 Å². The summed E-state index contributed by atoms with van der Waals surface area (Å²) in [4.78, 5) is 11.1. The molecule has 1 aromatic carbocycles. The number of carbonyl (C=O) groups is 1. The Morgan fingerprint density at radius 2 is 2.38 bits per heavy atom. The van der Waals surface area contributed by atoms with Crippen LogP contribution in [0.4, 0.5) is 5.69 Å². The Labute approximate surface area is 123 Å². The number of ether oxygens (including phenoxy) is 1. The molecule has 110 valence electrons. The molecule has 2 aromatic rings. The zero-order valence-corrected chi connectivity index (χ0v) is 11.9. The fourth-order valence-electron chi connectivity index (χ4n) is 1.69. The third-order valence-electron chi connectivity index (χ3n) is 2.82. The van der Waals surface area contributed by atoms with Crippen molar-refractivity contribution in [2.45, 2.75) is 6.54 Å². The molecule has 0 spiro atoms. The number of rotatable bonds is 7. The first kappa shape index (κ1) is 14.6. The summed E-state index contributed by atoms with van der Waals surface area (Å²) in [6.07, 6.45) is 5.31. The zero-order valence-electron chi connectivity index (χ0n) is 11.9. The van der Waals surface area contributed by atoms with Crippen LogP contribution >= 0.6 is 0 Å². The first-order valence-corrected chi connectivity index (χ1v) is 6.54. The van der Waals surface area contributed by atoms with E-state index in [1.54, 1.807) is 24.1 Å². The van der Waals surface area contributed by atoms with Gasteiger partial charge in [0.05, 0.1) is 6.20 Å². The van der Waals surface area contributed by atoms with Gasteiger partial charge in [-0.3, -0.25) is 4.79 Å². The van der Waals surface area contributed by atoms with Gasteiger partial charge >= 0.3 is 0 Å². The summed E-state index contributed by atoms with van der Waals surface area (Å²) in [7, 11) is 1.58. The van der Waals surface area contributed by atoms with Crippen molar-refractivity contribution in [1.82, 2.24) is 15.1 Å². The van der Waals surface area contributed by atoms with Crippen molar-refractivity contribution in [3.8, 4) is 5.75 Å². The summed E-state index contributed by atoms with van der Waals surface area (Å²) in [6.45, 7) is 4.30. The van der Waals surface area contributed by atoms with Gasteiger partial charge in [-0.15, -0.1) is 0 Å². The summed E-state index contributed by atoms with van der Waals surface area (Å²) in [5.74, 6) is 0.482. The maximum Gasteiger partial charge on any atom is 0.257 e. The molecule has 2 N–H and O–H groups in total. The molecule has 0 aliphatic heterocycles. The number of likely N-dealkylation sites (N-methyl/N-ethyl adjacent to an activating group) is 1. The Bertz CT molecular complexity index is 622. The molecule has 0 bridgehead atoms. The maximum atomic E-state index is 11.1. The molecular formula is C15H18N4O2. The van der Waals surface area contributed by atoms with Crippen LogP contribution in [0, 0.1) is 0 Å². The van der Waals surface area contributed by atoms with Crippen LogP contribution in [0.1, 0.15) is 5.56 Å². The van der Waals surface area contributed by atoms with E-state index in [2.05, 4.69) is 22.3 Å². The van der Waals surface area contributed by atoms with Crippen LogP contribution in [0.2, 0.25) is 0 Å².